The Kier molecular flexibility index (Phi) is 3.75. The molecule has 0 fully saturated rings. The number of nitrogens with one attached hydrogen (secondary N) is 1. The Balaban J connectivity index is 2.50. The lowest BCUT2D eigenvalue weighted by Gasteiger charge is -2.02. The van der Waals surface area contributed by atoms with Gasteiger partial charge >= 0.3 is 0 Å². The van der Waals surface area contributed by atoms with E-state index in [1.165, 1.54) is 0 Å². The van der Waals surface area contributed by atoms with Crippen LogP contribution in [0.25, 0.3) is 10.2 Å². The van der Waals surface area contributed by atoms with E-state index < -0.39 is 15.1 Å². The molecule has 1 aromatic heterocycles. The molecular formula is C11H13N3O2S3. The van der Waals surface area contributed by atoms with Crippen LogP contribution in [0.1, 0.15) is 13.8 Å². The lowest BCUT2D eigenvalue weighted by Crippen LogP contribution is -2.18. The monoisotopic (exact) mass is 315 g/mol. The molecule has 0 unspecified atom stereocenters. The molecular weight excluding hydrogens is 302 g/mol. The fraction of sp³-hybridized carbons (Fsp3) is 0.273. The molecule has 19 heavy (non-hydrogen) atoms. The molecule has 0 spiro atoms. The number of nitrogens with zero attached hydrogens (tertiary/aromatic N) is 1. The van der Waals surface area contributed by atoms with Gasteiger partial charge in [-0.2, -0.15) is 0 Å². The Morgan fingerprint density at radius 2 is 2.16 bits per heavy atom. The second-order valence-electron chi connectivity index (χ2n) is 4.25. The van der Waals surface area contributed by atoms with Crippen LogP contribution in [0.15, 0.2) is 22.5 Å². The van der Waals surface area contributed by atoms with Crippen LogP contribution in [0.4, 0.5) is 5.69 Å². The average Bonchev–Trinajstić information content (AvgIpc) is 2.71. The molecule has 3 N–H and O–H groups in total. The Morgan fingerprint density at radius 3 is 2.74 bits per heavy atom. The zero-order valence-electron chi connectivity index (χ0n) is 10.4. The Hall–Kier alpha value is -1.25. The first-order valence-electron chi connectivity index (χ1n) is 5.51. The van der Waals surface area contributed by atoms with Crippen molar-refractivity contribution in [3.8, 4) is 0 Å². The lowest BCUT2D eigenvalue weighted by atomic mass is 10.3. The summed E-state index contributed by atoms with van der Waals surface area (Å²) in [6, 6.07) is 5.28. The molecule has 0 saturated carbocycles. The van der Waals surface area contributed by atoms with Crippen molar-refractivity contribution in [2.24, 2.45) is 5.73 Å². The van der Waals surface area contributed by atoms with Gasteiger partial charge in [0.05, 0.1) is 15.5 Å². The summed E-state index contributed by atoms with van der Waals surface area (Å²) in [6.45, 7) is 3.28. The van der Waals surface area contributed by atoms with Crippen LogP contribution < -0.4 is 11.1 Å². The molecule has 0 radical (unpaired) electrons. The van der Waals surface area contributed by atoms with Crippen LogP contribution in [0.3, 0.4) is 0 Å². The minimum Gasteiger partial charge on any atom is -0.376 e. The van der Waals surface area contributed by atoms with Gasteiger partial charge in [0.1, 0.15) is 0 Å². The third-order valence-corrected chi connectivity index (χ3v) is 6.18. The van der Waals surface area contributed by atoms with Gasteiger partial charge in [0, 0.05) is 5.69 Å². The highest BCUT2D eigenvalue weighted by atomic mass is 32.2. The number of hydrogen-bond acceptors (Lipinski definition) is 5. The molecule has 0 aliphatic heterocycles. The summed E-state index contributed by atoms with van der Waals surface area (Å²) in [4.78, 5) is 4.16. The molecule has 1 aromatic carbocycles. The molecule has 2 aromatic rings. The molecule has 5 nitrogen and oxygen atoms in total. The van der Waals surface area contributed by atoms with Gasteiger partial charge in [0.2, 0.25) is 14.2 Å². The van der Waals surface area contributed by atoms with Gasteiger partial charge in [-0.15, -0.1) is 11.3 Å². The quantitative estimate of drug-likeness (QED) is 0.844. The second-order valence-corrected chi connectivity index (χ2v) is 8.39. The number of hydrogen-bond donors (Lipinski definition) is 2. The zero-order chi connectivity index (χ0) is 14.2. The number of rotatable bonds is 3. The van der Waals surface area contributed by atoms with Crippen molar-refractivity contribution in [3.05, 3.63) is 18.2 Å². The first-order chi connectivity index (χ1) is 8.80. The van der Waals surface area contributed by atoms with Gasteiger partial charge < -0.3 is 11.1 Å². The van der Waals surface area contributed by atoms with Crippen molar-refractivity contribution in [3.63, 3.8) is 0 Å². The summed E-state index contributed by atoms with van der Waals surface area (Å²) < 4.78 is 25.0. The van der Waals surface area contributed by atoms with Crippen LogP contribution in [0, 0.1) is 0 Å². The molecule has 8 heteroatoms. The first-order valence-corrected chi connectivity index (χ1v) is 8.29. The molecule has 0 amide bonds. The number of benzene rings is 1. The standard InChI is InChI=1S/C11H13N3O2S3/c1-6(2)19(15,16)11-14-8-4-3-7(13-10(12)17)5-9(8)18-11/h3-6H,1-2H3,(H3,12,13,17). The summed E-state index contributed by atoms with van der Waals surface area (Å²) in [5.41, 5.74) is 6.77. The van der Waals surface area contributed by atoms with Crippen molar-refractivity contribution in [1.29, 1.82) is 0 Å². The zero-order valence-corrected chi connectivity index (χ0v) is 12.8. The van der Waals surface area contributed by atoms with E-state index in [0.29, 0.717) is 5.52 Å². The minimum absolute atomic E-state index is 0.143. The molecule has 0 bridgehead atoms. The Labute approximate surface area is 120 Å². The van der Waals surface area contributed by atoms with E-state index in [0.717, 1.165) is 21.7 Å². The fourth-order valence-corrected chi connectivity index (χ4v) is 4.24. The maximum Gasteiger partial charge on any atom is 0.210 e. The summed E-state index contributed by atoms with van der Waals surface area (Å²) in [7, 11) is -3.34. The normalized spacial score (nSPS) is 11.9. The van der Waals surface area contributed by atoms with Crippen LogP contribution in [0.5, 0.6) is 0 Å². The highest BCUT2D eigenvalue weighted by Crippen LogP contribution is 2.29. The Bertz CT molecular complexity index is 735. The minimum atomic E-state index is -3.34. The highest BCUT2D eigenvalue weighted by Gasteiger charge is 2.23. The maximum atomic E-state index is 12.1. The molecule has 2 rings (SSSR count). The number of fused-ring (bicyclic) bond motifs is 1. The SMILES string of the molecule is CC(C)S(=O)(=O)c1nc2ccc(NC(N)=S)cc2s1. The summed E-state index contributed by atoms with van der Waals surface area (Å²) in [6.07, 6.45) is 0. The van der Waals surface area contributed by atoms with Crippen molar-refractivity contribution in [1.82, 2.24) is 4.98 Å². The summed E-state index contributed by atoms with van der Waals surface area (Å²) >= 11 is 5.91. The van der Waals surface area contributed by atoms with Crippen LogP contribution >= 0.6 is 23.6 Å². The van der Waals surface area contributed by atoms with Gasteiger partial charge in [0.15, 0.2) is 5.11 Å². The molecule has 0 aliphatic carbocycles. The highest BCUT2D eigenvalue weighted by molar-refractivity contribution is 7.94. The van der Waals surface area contributed by atoms with E-state index >= 15 is 0 Å². The maximum absolute atomic E-state index is 12.1. The molecule has 0 saturated heterocycles. The topological polar surface area (TPSA) is 85.1 Å². The van der Waals surface area contributed by atoms with Crippen LogP contribution in [-0.4, -0.2) is 23.8 Å². The van der Waals surface area contributed by atoms with Gasteiger partial charge in [-0.3, -0.25) is 0 Å². The van der Waals surface area contributed by atoms with Gasteiger partial charge in [-0.05, 0) is 44.3 Å². The number of anilines is 1. The van der Waals surface area contributed by atoms with E-state index in [2.05, 4.69) is 10.3 Å². The van der Waals surface area contributed by atoms with E-state index in [4.69, 9.17) is 18.0 Å². The largest absolute Gasteiger partial charge is 0.376 e. The number of sulfone groups is 1. The molecule has 1 heterocycles. The first kappa shape index (κ1) is 14.2. The van der Waals surface area contributed by atoms with Crippen molar-refractivity contribution >= 4 is 54.4 Å². The van der Waals surface area contributed by atoms with Gasteiger partial charge in [-0.1, -0.05) is 0 Å². The Morgan fingerprint density at radius 1 is 1.47 bits per heavy atom. The molecule has 102 valence electrons. The third kappa shape index (κ3) is 2.85. The van der Waals surface area contributed by atoms with Crippen molar-refractivity contribution < 1.29 is 8.42 Å². The summed E-state index contributed by atoms with van der Waals surface area (Å²) in [5, 5.41) is 2.49. The van der Waals surface area contributed by atoms with Crippen LogP contribution in [-0.2, 0) is 9.84 Å². The van der Waals surface area contributed by atoms with Gasteiger partial charge in [-0.25, -0.2) is 13.4 Å². The fourth-order valence-electron chi connectivity index (χ4n) is 1.45. The predicted octanol–water partition coefficient (Wildman–Crippen LogP) is 2.13. The number of thiocarbonyl (C=S) groups is 1. The van der Waals surface area contributed by atoms with Crippen LogP contribution in [0.2, 0.25) is 0 Å². The molecule has 0 atom stereocenters. The number of aromatic nitrogens is 1. The van der Waals surface area contributed by atoms with E-state index in [9.17, 15) is 8.42 Å². The van der Waals surface area contributed by atoms with E-state index in [-0.39, 0.29) is 9.45 Å². The smallest absolute Gasteiger partial charge is 0.210 e. The van der Waals surface area contributed by atoms with E-state index in [1.807, 2.05) is 0 Å². The predicted molar refractivity (Wildman–Crippen MR) is 82.3 cm³/mol. The molecule has 0 aliphatic rings. The second kappa shape index (κ2) is 5.03. The van der Waals surface area contributed by atoms with Crippen molar-refractivity contribution in [2.75, 3.05) is 5.32 Å². The van der Waals surface area contributed by atoms with Gasteiger partial charge in [0.25, 0.3) is 0 Å². The number of nitrogens with two attached hydrogens (primary N) is 1. The average molecular weight is 315 g/mol. The summed E-state index contributed by atoms with van der Waals surface area (Å²) in [5.74, 6) is 0. The van der Waals surface area contributed by atoms with E-state index in [1.54, 1.807) is 32.0 Å². The number of thiazole rings is 1. The third-order valence-electron chi connectivity index (χ3n) is 2.50. The lowest BCUT2D eigenvalue weighted by molar-refractivity contribution is 0.587. The van der Waals surface area contributed by atoms with Crippen molar-refractivity contribution in [2.45, 2.75) is 23.4 Å².